The van der Waals surface area contributed by atoms with Crippen LogP contribution in [0.4, 0.5) is 5.69 Å². The topological polar surface area (TPSA) is 20.3 Å². The van der Waals surface area contributed by atoms with Crippen LogP contribution in [0.25, 0.3) is 17.0 Å². The molecule has 4 heteroatoms. The largest absolute Gasteiger partial charge is 0.447 e. The van der Waals surface area contributed by atoms with Gasteiger partial charge in [0, 0.05) is 37.1 Å². The van der Waals surface area contributed by atoms with E-state index in [1.54, 1.807) is 11.8 Å². The lowest BCUT2D eigenvalue weighted by Crippen LogP contribution is -2.37. The Balaban J connectivity index is 1.80. The summed E-state index contributed by atoms with van der Waals surface area (Å²) in [6, 6.07) is 10.5. The van der Waals surface area contributed by atoms with E-state index in [1.807, 2.05) is 12.1 Å². The number of fused-ring (bicyclic) bond motifs is 3. The fraction of sp³-hybridized carbons (Fsp3) is 0.250. The summed E-state index contributed by atoms with van der Waals surface area (Å²) in [6.07, 6.45) is 2.24. The van der Waals surface area contributed by atoms with Gasteiger partial charge in [-0.3, -0.25) is 0 Å². The van der Waals surface area contributed by atoms with Crippen molar-refractivity contribution >= 4 is 34.5 Å². The van der Waals surface area contributed by atoms with Gasteiger partial charge in [0.1, 0.15) is 18.3 Å². The zero-order valence-electron chi connectivity index (χ0n) is 14.7. The molecule has 1 aromatic carbocycles. The van der Waals surface area contributed by atoms with Crippen LogP contribution < -0.4 is 9.47 Å². The summed E-state index contributed by atoms with van der Waals surface area (Å²) < 4.78 is 8.27. The van der Waals surface area contributed by atoms with Crippen molar-refractivity contribution in [2.24, 2.45) is 7.05 Å². The van der Waals surface area contributed by atoms with E-state index in [1.165, 1.54) is 38.6 Å². The van der Waals surface area contributed by atoms with Crippen LogP contribution in [0.15, 0.2) is 44.9 Å². The number of thioether (sulfide) groups is 1. The first-order valence-corrected chi connectivity index (χ1v) is 8.90. The number of aryl methyl sites for hydroxylation is 1. The predicted octanol–water partition coefficient (Wildman–Crippen LogP) is 4.72. The summed E-state index contributed by atoms with van der Waals surface area (Å²) in [5, 5.41) is 3.34. The van der Waals surface area contributed by atoms with Gasteiger partial charge < -0.3 is 9.32 Å². The highest BCUT2D eigenvalue weighted by atomic mass is 32.2. The number of para-hydroxylation sites is 1. The highest BCUT2D eigenvalue weighted by Crippen LogP contribution is 2.50. The van der Waals surface area contributed by atoms with E-state index >= 15 is 0 Å². The van der Waals surface area contributed by atoms with E-state index in [2.05, 4.69) is 68.6 Å². The first-order valence-electron chi connectivity index (χ1n) is 8.09. The Morgan fingerprint density at radius 1 is 1.17 bits per heavy atom. The van der Waals surface area contributed by atoms with E-state index in [0.717, 1.165) is 10.7 Å². The van der Waals surface area contributed by atoms with Crippen LogP contribution in [0.1, 0.15) is 22.5 Å². The lowest BCUT2D eigenvalue weighted by molar-refractivity contribution is -0.679. The molecule has 4 rings (SSSR count). The van der Waals surface area contributed by atoms with Gasteiger partial charge in [-0.2, -0.15) is 4.57 Å². The standard InChI is InChI=1S/C20H21N2OS/c1-12-10-15(21(4)14(3)13(12)2)11-18-22(5)19-16-8-6-7-9-17(16)23-20(19)24-18/h6-11H,1-5H3/q+1. The summed E-state index contributed by atoms with van der Waals surface area (Å²) in [5.41, 5.74) is 7.31. The maximum atomic E-state index is 6.02. The van der Waals surface area contributed by atoms with Crippen molar-refractivity contribution in [3.05, 3.63) is 57.9 Å². The Hall–Kier alpha value is -2.20. The number of benzene rings is 1. The second-order valence-electron chi connectivity index (χ2n) is 6.40. The van der Waals surface area contributed by atoms with Crippen LogP contribution in [-0.2, 0) is 7.05 Å². The van der Waals surface area contributed by atoms with E-state index < -0.39 is 0 Å². The van der Waals surface area contributed by atoms with Crippen molar-refractivity contribution in [3.63, 3.8) is 0 Å². The van der Waals surface area contributed by atoms with Crippen LogP contribution >= 0.6 is 11.8 Å². The third kappa shape index (κ3) is 2.17. The first-order chi connectivity index (χ1) is 11.5. The molecule has 0 atom stereocenters. The summed E-state index contributed by atoms with van der Waals surface area (Å²) in [6.45, 7) is 6.53. The summed E-state index contributed by atoms with van der Waals surface area (Å²) in [5.74, 6) is 0. The number of hydrogen-bond acceptors (Lipinski definition) is 3. The average molecular weight is 337 g/mol. The molecule has 0 radical (unpaired) electrons. The van der Waals surface area contributed by atoms with Crippen molar-refractivity contribution in [1.29, 1.82) is 0 Å². The van der Waals surface area contributed by atoms with Crippen molar-refractivity contribution in [2.45, 2.75) is 25.9 Å². The van der Waals surface area contributed by atoms with Gasteiger partial charge in [-0.15, -0.1) is 0 Å². The van der Waals surface area contributed by atoms with Gasteiger partial charge in [-0.25, -0.2) is 0 Å². The molecule has 24 heavy (non-hydrogen) atoms. The molecular weight excluding hydrogens is 316 g/mol. The molecule has 122 valence electrons. The SMILES string of the molecule is Cc1cc(/C=C2\Sc3oc4ccccc4c3N2C)[n+](C)c(C)c1C. The van der Waals surface area contributed by atoms with E-state index in [0.29, 0.717) is 0 Å². The lowest BCUT2D eigenvalue weighted by Gasteiger charge is -2.13. The van der Waals surface area contributed by atoms with Crippen molar-refractivity contribution in [2.75, 3.05) is 11.9 Å². The fourth-order valence-corrected chi connectivity index (χ4v) is 4.29. The van der Waals surface area contributed by atoms with Crippen molar-refractivity contribution in [3.8, 4) is 0 Å². The molecule has 0 fully saturated rings. The van der Waals surface area contributed by atoms with Crippen LogP contribution in [-0.4, -0.2) is 7.05 Å². The molecule has 3 aromatic rings. The Morgan fingerprint density at radius 2 is 1.92 bits per heavy atom. The Morgan fingerprint density at radius 3 is 2.71 bits per heavy atom. The summed E-state index contributed by atoms with van der Waals surface area (Å²) in [4.78, 5) is 2.23. The smallest absolute Gasteiger partial charge is 0.208 e. The highest BCUT2D eigenvalue weighted by Gasteiger charge is 2.29. The third-order valence-corrected chi connectivity index (χ3v) is 6.12. The number of furan rings is 1. The van der Waals surface area contributed by atoms with Crippen molar-refractivity contribution in [1.82, 2.24) is 0 Å². The summed E-state index contributed by atoms with van der Waals surface area (Å²) in [7, 11) is 4.24. The minimum Gasteiger partial charge on any atom is -0.447 e. The van der Waals surface area contributed by atoms with Gasteiger partial charge in [-0.1, -0.05) is 12.1 Å². The minimum absolute atomic E-state index is 0.952. The van der Waals surface area contributed by atoms with Crippen LogP contribution in [0, 0.1) is 20.8 Å². The quantitative estimate of drug-likeness (QED) is 0.599. The zero-order valence-corrected chi connectivity index (χ0v) is 15.5. The Bertz CT molecular complexity index is 1000. The molecule has 0 bridgehead atoms. The number of nitrogens with zero attached hydrogens (tertiary/aromatic N) is 2. The van der Waals surface area contributed by atoms with E-state index in [9.17, 15) is 0 Å². The number of hydrogen-bond donors (Lipinski definition) is 0. The Kier molecular flexibility index (Phi) is 3.46. The zero-order chi connectivity index (χ0) is 17.0. The van der Waals surface area contributed by atoms with Crippen LogP contribution in [0.2, 0.25) is 0 Å². The Labute approximate surface area is 146 Å². The molecule has 1 aliphatic rings. The van der Waals surface area contributed by atoms with Gasteiger partial charge in [0.25, 0.3) is 0 Å². The molecule has 0 unspecified atom stereocenters. The molecule has 0 saturated heterocycles. The highest BCUT2D eigenvalue weighted by molar-refractivity contribution is 8.03. The number of aromatic nitrogens is 1. The monoisotopic (exact) mass is 337 g/mol. The molecule has 3 heterocycles. The molecule has 0 spiro atoms. The number of rotatable bonds is 1. The lowest BCUT2D eigenvalue weighted by atomic mass is 10.1. The second-order valence-corrected chi connectivity index (χ2v) is 7.39. The molecule has 2 aromatic heterocycles. The molecule has 0 amide bonds. The fourth-order valence-electron chi connectivity index (χ4n) is 3.22. The van der Waals surface area contributed by atoms with Crippen molar-refractivity contribution < 1.29 is 8.98 Å². The normalized spacial score (nSPS) is 15.5. The predicted molar refractivity (Wildman–Crippen MR) is 100 cm³/mol. The molecule has 0 N–H and O–H groups in total. The van der Waals surface area contributed by atoms with Crippen LogP contribution in [0.3, 0.4) is 0 Å². The number of pyridine rings is 1. The van der Waals surface area contributed by atoms with Gasteiger partial charge in [0.15, 0.2) is 10.8 Å². The maximum Gasteiger partial charge on any atom is 0.208 e. The molecule has 0 saturated carbocycles. The molecule has 3 nitrogen and oxygen atoms in total. The van der Waals surface area contributed by atoms with Gasteiger partial charge in [0.2, 0.25) is 5.69 Å². The third-order valence-electron chi connectivity index (χ3n) is 5.06. The number of anilines is 1. The molecular formula is C20H21N2OS+. The van der Waals surface area contributed by atoms with E-state index in [4.69, 9.17) is 4.42 Å². The van der Waals surface area contributed by atoms with Gasteiger partial charge >= 0.3 is 0 Å². The molecule has 1 aliphatic heterocycles. The maximum absolute atomic E-state index is 6.02. The second kappa shape index (κ2) is 5.42. The van der Waals surface area contributed by atoms with Crippen LogP contribution in [0.5, 0.6) is 0 Å². The first kappa shape index (κ1) is 15.3. The minimum atomic E-state index is 0.952. The van der Waals surface area contributed by atoms with Gasteiger partial charge in [-0.05, 0) is 43.3 Å². The summed E-state index contributed by atoms with van der Waals surface area (Å²) >= 11 is 1.70. The average Bonchev–Trinajstić information content (AvgIpc) is 3.07. The molecule has 0 aliphatic carbocycles. The van der Waals surface area contributed by atoms with Gasteiger partial charge in [0.05, 0.1) is 5.03 Å². The van der Waals surface area contributed by atoms with E-state index in [-0.39, 0.29) is 0 Å².